The van der Waals surface area contributed by atoms with Gasteiger partial charge >= 0.3 is 5.97 Å². The fourth-order valence-electron chi connectivity index (χ4n) is 2.83. The highest BCUT2D eigenvalue weighted by atomic mass is 32.1. The number of esters is 1. The summed E-state index contributed by atoms with van der Waals surface area (Å²) >= 11 is 3.53. The standard InChI is InChI=1S/C17H24N2O2.C3H8.C2H6.CH4S/c1-12-10-15(21-16(20)11-12)5-3-2-4-13-6-8-14(9-7-13)17(18)19;1-3-2;2*1-2/h6-9,12,15H,2-5,10-11H2,1H3,(H3,18,19);3H2,1-2H3;1-2H3;2H,1H3. The highest BCUT2D eigenvalue weighted by Crippen LogP contribution is 2.24. The lowest BCUT2D eigenvalue weighted by atomic mass is 9.94. The molecule has 4 nitrogen and oxygen atoms in total. The highest BCUT2D eigenvalue weighted by Gasteiger charge is 2.25. The number of carbonyl (C=O) groups excluding carboxylic acids is 1. The molecule has 28 heavy (non-hydrogen) atoms. The van der Waals surface area contributed by atoms with E-state index in [-0.39, 0.29) is 17.9 Å². The number of hydrogen-bond donors (Lipinski definition) is 3. The molecule has 162 valence electrons. The number of nitrogen functional groups attached to an aromatic ring is 1. The van der Waals surface area contributed by atoms with Gasteiger partial charge in [-0.3, -0.25) is 10.2 Å². The van der Waals surface area contributed by atoms with Gasteiger partial charge in [0.1, 0.15) is 11.9 Å². The fourth-order valence-corrected chi connectivity index (χ4v) is 2.83. The van der Waals surface area contributed by atoms with Crippen LogP contribution in [0.5, 0.6) is 0 Å². The fraction of sp³-hybridized carbons (Fsp3) is 0.652. The van der Waals surface area contributed by atoms with Crippen molar-refractivity contribution in [1.82, 2.24) is 0 Å². The Kier molecular flexibility index (Phi) is 19.3. The lowest BCUT2D eigenvalue weighted by molar-refractivity contribution is -0.156. The average Bonchev–Trinajstić information content (AvgIpc) is 2.69. The largest absolute Gasteiger partial charge is 0.462 e. The molecular weight excluding hydrogens is 368 g/mol. The van der Waals surface area contributed by atoms with E-state index in [0.717, 1.165) is 37.7 Å². The van der Waals surface area contributed by atoms with Crippen LogP contribution in [0.4, 0.5) is 0 Å². The number of nitrogens with one attached hydrogen (secondary N) is 1. The summed E-state index contributed by atoms with van der Waals surface area (Å²) in [6, 6.07) is 7.84. The first-order valence-corrected chi connectivity index (χ1v) is 11.4. The van der Waals surface area contributed by atoms with Gasteiger partial charge in [0.15, 0.2) is 0 Å². The molecule has 1 aliphatic heterocycles. The van der Waals surface area contributed by atoms with Crippen molar-refractivity contribution in [3.63, 3.8) is 0 Å². The SMILES string of the molecule is CC.CC1CC(=O)OC(CCCCc2ccc(C(=N)N)cc2)C1.CCC.CS. The number of amidine groups is 1. The first-order chi connectivity index (χ1) is 13.5. The summed E-state index contributed by atoms with van der Waals surface area (Å²) in [7, 11) is 0. The molecule has 0 spiro atoms. The van der Waals surface area contributed by atoms with Crippen LogP contribution < -0.4 is 5.73 Å². The lowest BCUT2D eigenvalue weighted by Gasteiger charge is -2.26. The van der Waals surface area contributed by atoms with Crippen molar-refractivity contribution < 1.29 is 9.53 Å². The number of nitrogens with two attached hydrogens (primary N) is 1. The summed E-state index contributed by atoms with van der Waals surface area (Å²) in [4.78, 5) is 11.4. The number of cyclic esters (lactones) is 1. The molecule has 3 N–H and O–H groups in total. The zero-order chi connectivity index (χ0) is 21.9. The summed E-state index contributed by atoms with van der Waals surface area (Å²) in [5.41, 5.74) is 7.46. The molecule has 1 saturated heterocycles. The van der Waals surface area contributed by atoms with Gasteiger partial charge in [-0.15, -0.1) is 0 Å². The van der Waals surface area contributed by atoms with E-state index in [0.29, 0.717) is 12.3 Å². The van der Waals surface area contributed by atoms with Crippen LogP contribution in [0.2, 0.25) is 0 Å². The molecule has 2 atom stereocenters. The van der Waals surface area contributed by atoms with Crippen molar-refractivity contribution >= 4 is 24.4 Å². The van der Waals surface area contributed by atoms with E-state index in [1.165, 1.54) is 12.0 Å². The molecule has 1 aliphatic rings. The van der Waals surface area contributed by atoms with Crippen LogP contribution in [0.15, 0.2) is 24.3 Å². The number of ether oxygens (including phenoxy) is 1. The van der Waals surface area contributed by atoms with E-state index in [1.807, 2.05) is 38.1 Å². The molecule has 0 radical (unpaired) electrons. The Balaban J connectivity index is 0. The number of aryl methyl sites for hydroxylation is 1. The van der Waals surface area contributed by atoms with Crippen molar-refractivity contribution in [1.29, 1.82) is 5.41 Å². The first kappa shape index (κ1) is 28.7. The van der Waals surface area contributed by atoms with Crippen LogP contribution in [0, 0.1) is 11.3 Å². The van der Waals surface area contributed by atoms with Crippen molar-refractivity contribution in [3.05, 3.63) is 35.4 Å². The Hall–Kier alpha value is -1.49. The zero-order valence-electron chi connectivity index (χ0n) is 18.8. The second kappa shape index (κ2) is 18.9. The number of thiol groups is 1. The van der Waals surface area contributed by atoms with Gasteiger partial charge in [0, 0.05) is 12.0 Å². The minimum absolute atomic E-state index is 0.0430. The third kappa shape index (κ3) is 13.6. The molecule has 2 unspecified atom stereocenters. The van der Waals surface area contributed by atoms with E-state index in [1.54, 1.807) is 6.26 Å². The van der Waals surface area contributed by atoms with E-state index >= 15 is 0 Å². The summed E-state index contributed by atoms with van der Waals surface area (Å²) in [5, 5.41) is 7.36. The van der Waals surface area contributed by atoms with Crippen molar-refractivity contribution in [2.75, 3.05) is 6.26 Å². The molecule has 0 saturated carbocycles. The van der Waals surface area contributed by atoms with Crippen LogP contribution in [0.1, 0.15) is 84.3 Å². The van der Waals surface area contributed by atoms with E-state index in [9.17, 15) is 4.79 Å². The Labute approximate surface area is 178 Å². The van der Waals surface area contributed by atoms with Gasteiger partial charge in [-0.2, -0.15) is 12.6 Å². The second-order valence-corrected chi connectivity index (χ2v) is 6.72. The molecule has 0 amide bonds. The monoisotopic (exact) mass is 410 g/mol. The summed E-state index contributed by atoms with van der Waals surface area (Å²) in [6.45, 7) is 10.4. The third-order valence-corrected chi connectivity index (χ3v) is 3.98. The molecule has 1 aromatic carbocycles. The van der Waals surface area contributed by atoms with Crippen LogP contribution in [-0.4, -0.2) is 24.2 Å². The smallest absolute Gasteiger partial charge is 0.306 e. The van der Waals surface area contributed by atoms with E-state index in [2.05, 4.69) is 33.4 Å². The molecule has 0 aliphatic carbocycles. The highest BCUT2D eigenvalue weighted by molar-refractivity contribution is 7.79. The molecular formula is C23H42N2O2S. The summed E-state index contributed by atoms with van der Waals surface area (Å²) in [6.07, 6.45) is 8.75. The molecule has 5 heteroatoms. The molecule has 1 aromatic rings. The topological polar surface area (TPSA) is 76.2 Å². The predicted molar refractivity (Wildman–Crippen MR) is 126 cm³/mol. The maximum atomic E-state index is 11.4. The number of hydrogen-bond acceptors (Lipinski definition) is 4. The quantitative estimate of drug-likeness (QED) is 0.177. The van der Waals surface area contributed by atoms with Gasteiger partial charge in [-0.25, -0.2) is 0 Å². The van der Waals surface area contributed by atoms with Crippen LogP contribution in [0.3, 0.4) is 0 Å². The Bertz CT molecular complexity index is 518. The Morgan fingerprint density at radius 3 is 2.18 bits per heavy atom. The average molecular weight is 411 g/mol. The molecule has 1 fully saturated rings. The lowest BCUT2D eigenvalue weighted by Crippen LogP contribution is -2.28. The number of rotatable bonds is 6. The summed E-state index contributed by atoms with van der Waals surface area (Å²) in [5.74, 6) is 0.517. The van der Waals surface area contributed by atoms with Crippen LogP contribution in [0.25, 0.3) is 0 Å². The van der Waals surface area contributed by atoms with Crippen LogP contribution in [-0.2, 0) is 16.0 Å². The van der Waals surface area contributed by atoms with Gasteiger partial charge in [0.05, 0.1) is 0 Å². The van der Waals surface area contributed by atoms with Gasteiger partial charge in [-0.05, 0) is 49.8 Å². The number of benzene rings is 1. The Morgan fingerprint density at radius 1 is 1.18 bits per heavy atom. The molecule has 2 rings (SSSR count). The minimum Gasteiger partial charge on any atom is -0.462 e. The normalized spacial score (nSPS) is 17.5. The number of carbonyl (C=O) groups is 1. The molecule has 0 aromatic heterocycles. The van der Waals surface area contributed by atoms with Crippen molar-refractivity contribution in [2.24, 2.45) is 11.7 Å². The van der Waals surface area contributed by atoms with Crippen LogP contribution >= 0.6 is 12.6 Å². The van der Waals surface area contributed by atoms with Crippen molar-refractivity contribution in [2.45, 2.75) is 85.7 Å². The Morgan fingerprint density at radius 2 is 1.71 bits per heavy atom. The molecule has 1 heterocycles. The predicted octanol–water partition coefficient (Wildman–Crippen LogP) is 6.01. The summed E-state index contributed by atoms with van der Waals surface area (Å²) < 4.78 is 5.37. The maximum absolute atomic E-state index is 11.4. The van der Waals surface area contributed by atoms with Gasteiger partial charge in [0.25, 0.3) is 0 Å². The van der Waals surface area contributed by atoms with Gasteiger partial charge in [0.2, 0.25) is 0 Å². The minimum atomic E-state index is -0.0430. The molecule has 0 bridgehead atoms. The number of unbranched alkanes of at least 4 members (excludes halogenated alkanes) is 1. The second-order valence-electron chi connectivity index (χ2n) is 6.72. The van der Waals surface area contributed by atoms with E-state index in [4.69, 9.17) is 15.9 Å². The maximum Gasteiger partial charge on any atom is 0.306 e. The zero-order valence-corrected chi connectivity index (χ0v) is 19.6. The van der Waals surface area contributed by atoms with Gasteiger partial charge in [-0.1, -0.05) is 65.3 Å². The third-order valence-electron chi connectivity index (χ3n) is 3.98. The van der Waals surface area contributed by atoms with E-state index < -0.39 is 0 Å². The van der Waals surface area contributed by atoms with Gasteiger partial charge < -0.3 is 10.5 Å². The first-order valence-electron chi connectivity index (χ1n) is 10.5. The van der Waals surface area contributed by atoms with Crippen molar-refractivity contribution in [3.8, 4) is 0 Å².